The second kappa shape index (κ2) is 7.74. The summed E-state index contributed by atoms with van der Waals surface area (Å²) in [6.45, 7) is 4.38. The van der Waals surface area contributed by atoms with Gasteiger partial charge in [0.05, 0.1) is 7.11 Å². The van der Waals surface area contributed by atoms with Crippen LogP contribution in [0.5, 0.6) is 0 Å². The fraction of sp³-hybridized carbons (Fsp3) is 0.929. The van der Waals surface area contributed by atoms with Crippen LogP contribution in [0.4, 0.5) is 0 Å². The summed E-state index contributed by atoms with van der Waals surface area (Å²) in [5.74, 6) is -0.0841. The molecule has 4 heteroatoms. The molecule has 0 aliphatic carbocycles. The predicted octanol–water partition coefficient (Wildman–Crippen LogP) is 1.74. The summed E-state index contributed by atoms with van der Waals surface area (Å²) in [5, 5.41) is 0. The lowest BCUT2D eigenvalue weighted by Crippen LogP contribution is -2.51. The van der Waals surface area contributed by atoms with E-state index in [2.05, 4.69) is 30.8 Å². The zero-order valence-electron chi connectivity index (χ0n) is 12.3. The molecular formula is C14H28N2O2. The highest BCUT2D eigenvalue weighted by Gasteiger charge is 2.30. The summed E-state index contributed by atoms with van der Waals surface area (Å²) in [4.78, 5) is 16.5. The van der Waals surface area contributed by atoms with Crippen LogP contribution < -0.4 is 0 Å². The Bertz CT molecular complexity index is 258. The first kappa shape index (κ1) is 15.4. The third-order valence-corrected chi connectivity index (χ3v) is 3.97. The topological polar surface area (TPSA) is 32.8 Å². The van der Waals surface area contributed by atoms with Gasteiger partial charge in [-0.1, -0.05) is 19.8 Å². The third kappa shape index (κ3) is 4.25. The fourth-order valence-corrected chi connectivity index (χ4v) is 2.75. The number of carbonyl (C=O) groups excluding carboxylic acids is 1. The van der Waals surface area contributed by atoms with Gasteiger partial charge < -0.3 is 9.64 Å². The van der Waals surface area contributed by atoms with Gasteiger partial charge in [-0.3, -0.25) is 9.69 Å². The Hall–Kier alpha value is -0.610. The van der Waals surface area contributed by atoms with E-state index in [1.165, 1.54) is 26.5 Å². The monoisotopic (exact) mass is 256 g/mol. The largest absolute Gasteiger partial charge is 0.468 e. The van der Waals surface area contributed by atoms with E-state index < -0.39 is 0 Å². The molecule has 0 aromatic rings. The minimum Gasteiger partial charge on any atom is -0.468 e. The maximum Gasteiger partial charge on any atom is 0.323 e. The molecule has 1 rings (SSSR count). The van der Waals surface area contributed by atoms with E-state index in [1.54, 1.807) is 0 Å². The van der Waals surface area contributed by atoms with Crippen molar-refractivity contribution in [3.8, 4) is 0 Å². The molecule has 0 saturated carbocycles. The molecule has 1 heterocycles. The van der Waals surface area contributed by atoms with Crippen molar-refractivity contribution in [2.24, 2.45) is 0 Å². The van der Waals surface area contributed by atoms with Crippen molar-refractivity contribution in [3.05, 3.63) is 0 Å². The Labute approximate surface area is 111 Å². The lowest BCUT2D eigenvalue weighted by atomic mass is 10.0. The first-order valence-electron chi connectivity index (χ1n) is 7.08. The minimum atomic E-state index is -0.0841. The van der Waals surface area contributed by atoms with Crippen LogP contribution >= 0.6 is 0 Å². The van der Waals surface area contributed by atoms with E-state index in [1.807, 2.05) is 0 Å². The van der Waals surface area contributed by atoms with Crippen LogP contribution in [-0.2, 0) is 9.53 Å². The van der Waals surface area contributed by atoms with E-state index in [0.29, 0.717) is 6.04 Å². The summed E-state index contributed by atoms with van der Waals surface area (Å²) in [7, 11) is 5.71. The third-order valence-electron chi connectivity index (χ3n) is 3.97. The number of piperidine rings is 1. The van der Waals surface area contributed by atoms with Crippen LogP contribution in [0.2, 0.25) is 0 Å². The van der Waals surface area contributed by atoms with Gasteiger partial charge in [0.15, 0.2) is 0 Å². The minimum absolute atomic E-state index is 0.0774. The lowest BCUT2D eigenvalue weighted by Gasteiger charge is -2.39. The molecule has 0 amide bonds. The second-order valence-corrected chi connectivity index (χ2v) is 5.40. The Kier molecular flexibility index (Phi) is 6.65. The van der Waals surface area contributed by atoms with Gasteiger partial charge >= 0.3 is 5.97 Å². The van der Waals surface area contributed by atoms with E-state index in [0.717, 1.165) is 25.8 Å². The lowest BCUT2D eigenvalue weighted by molar-refractivity contribution is -0.148. The zero-order chi connectivity index (χ0) is 13.5. The molecule has 0 radical (unpaired) electrons. The average Bonchev–Trinajstić information content (AvgIpc) is 2.38. The maximum atomic E-state index is 11.9. The molecule has 1 aliphatic heterocycles. The van der Waals surface area contributed by atoms with E-state index in [9.17, 15) is 4.79 Å². The SMILES string of the molecule is CCCCC(C(=O)OC)N(C)C1CCCN(C)C1. The van der Waals surface area contributed by atoms with Gasteiger partial charge in [0.25, 0.3) is 0 Å². The van der Waals surface area contributed by atoms with Crippen molar-refractivity contribution >= 4 is 5.97 Å². The summed E-state index contributed by atoms with van der Waals surface area (Å²) >= 11 is 0. The number of methoxy groups -OCH3 is 1. The van der Waals surface area contributed by atoms with Crippen LogP contribution in [-0.4, -0.2) is 62.1 Å². The van der Waals surface area contributed by atoms with Crippen LogP contribution in [0.1, 0.15) is 39.0 Å². The molecule has 0 N–H and O–H groups in total. The second-order valence-electron chi connectivity index (χ2n) is 5.40. The van der Waals surface area contributed by atoms with E-state index in [-0.39, 0.29) is 12.0 Å². The van der Waals surface area contributed by atoms with Crippen molar-refractivity contribution in [2.45, 2.75) is 51.1 Å². The molecule has 1 saturated heterocycles. The Morgan fingerprint density at radius 1 is 1.56 bits per heavy atom. The Morgan fingerprint density at radius 2 is 2.28 bits per heavy atom. The van der Waals surface area contributed by atoms with Crippen molar-refractivity contribution < 1.29 is 9.53 Å². The number of hydrogen-bond acceptors (Lipinski definition) is 4. The molecule has 2 atom stereocenters. The number of esters is 1. The standard InChI is InChI=1S/C14H28N2O2/c1-5-6-9-13(14(17)18-4)16(3)12-8-7-10-15(2)11-12/h12-13H,5-11H2,1-4H3. The highest BCUT2D eigenvalue weighted by Crippen LogP contribution is 2.19. The van der Waals surface area contributed by atoms with Gasteiger partial charge in [0, 0.05) is 12.6 Å². The number of unbranched alkanes of at least 4 members (excludes halogenated alkanes) is 1. The van der Waals surface area contributed by atoms with Gasteiger partial charge in [-0.2, -0.15) is 0 Å². The number of ether oxygens (including phenoxy) is 1. The fourth-order valence-electron chi connectivity index (χ4n) is 2.75. The quantitative estimate of drug-likeness (QED) is 0.678. The van der Waals surface area contributed by atoms with Crippen LogP contribution in [0.3, 0.4) is 0 Å². The number of rotatable bonds is 6. The first-order valence-corrected chi connectivity index (χ1v) is 7.08. The normalized spacial score (nSPS) is 23.1. The van der Waals surface area contributed by atoms with Gasteiger partial charge in [0.2, 0.25) is 0 Å². The van der Waals surface area contributed by atoms with Crippen LogP contribution in [0.15, 0.2) is 0 Å². The summed E-state index contributed by atoms with van der Waals surface area (Å²) < 4.78 is 4.95. The molecule has 4 nitrogen and oxygen atoms in total. The first-order chi connectivity index (χ1) is 8.60. The molecule has 0 aromatic carbocycles. The highest BCUT2D eigenvalue weighted by molar-refractivity contribution is 5.75. The van der Waals surface area contributed by atoms with E-state index in [4.69, 9.17) is 4.74 Å². The van der Waals surface area contributed by atoms with Crippen molar-refractivity contribution in [2.75, 3.05) is 34.3 Å². The van der Waals surface area contributed by atoms with Gasteiger partial charge in [-0.05, 0) is 39.9 Å². The molecule has 0 spiro atoms. The van der Waals surface area contributed by atoms with Crippen molar-refractivity contribution in [1.29, 1.82) is 0 Å². The van der Waals surface area contributed by atoms with Crippen LogP contribution in [0.25, 0.3) is 0 Å². The predicted molar refractivity (Wildman–Crippen MR) is 73.6 cm³/mol. The molecule has 2 unspecified atom stereocenters. The number of hydrogen-bond donors (Lipinski definition) is 0. The number of likely N-dealkylation sites (tertiary alicyclic amines) is 1. The van der Waals surface area contributed by atoms with E-state index >= 15 is 0 Å². The molecule has 18 heavy (non-hydrogen) atoms. The smallest absolute Gasteiger partial charge is 0.323 e. The molecule has 1 fully saturated rings. The summed E-state index contributed by atoms with van der Waals surface area (Å²) in [5.41, 5.74) is 0. The zero-order valence-corrected chi connectivity index (χ0v) is 12.3. The summed E-state index contributed by atoms with van der Waals surface area (Å²) in [6.07, 6.45) is 5.49. The summed E-state index contributed by atoms with van der Waals surface area (Å²) in [6, 6.07) is 0.399. The molecule has 0 aromatic heterocycles. The number of carbonyl (C=O) groups is 1. The molecule has 0 bridgehead atoms. The van der Waals surface area contributed by atoms with Crippen molar-refractivity contribution in [3.63, 3.8) is 0 Å². The van der Waals surface area contributed by atoms with Crippen LogP contribution in [0, 0.1) is 0 Å². The molecule has 106 valence electrons. The van der Waals surface area contributed by atoms with Gasteiger partial charge in [-0.15, -0.1) is 0 Å². The van der Waals surface area contributed by atoms with Gasteiger partial charge in [0.1, 0.15) is 6.04 Å². The van der Waals surface area contributed by atoms with Gasteiger partial charge in [-0.25, -0.2) is 0 Å². The Balaban J connectivity index is 2.61. The molecular weight excluding hydrogens is 228 g/mol. The number of likely N-dealkylation sites (N-methyl/N-ethyl adjacent to an activating group) is 2. The molecule has 1 aliphatic rings. The maximum absolute atomic E-state index is 11.9. The van der Waals surface area contributed by atoms with Crippen molar-refractivity contribution in [1.82, 2.24) is 9.80 Å². The number of nitrogens with zero attached hydrogens (tertiary/aromatic N) is 2. The highest BCUT2D eigenvalue weighted by atomic mass is 16.5. The Morgan fingerprint density at radius 3 is 2.83 bits per heavy atom. The average molecular weight is 256 g/mol.